The summed E-state index contributed by atoms with van der Waals surface area (Å²) in [6.07, 6.45) is 3.52. The molecule has 21 heavy (non-hydrogen) atoms. The fraction of sp³-hybridized carbons (Fsp3) is 0.562. The molecule has 0 amide bonds. The second kappa shape index (κ2) is 9.91. The van der Waals surface area contributed by atoms with Crippen LogP contribution < -0.4 is 20.1 Å². The fourth-order valence-corrected chi connectivity index (χ4v) is 1.91. The minimum Gasteiger partial charge on any atom is -0.493 e. The number of unbranched alkanes of at least 4 members (excludes halogenated alkanes) is 2. The summed E-state index contributed by atoms with van der Waals surface area (Å²) in [6.45, 7) is 5.90. The molecular formula is C16H27N3O2. The second-order valence-electron chi connectivity index (χ2n) is 4.66. The maximum absolute atomic E-state index is 5.31. The Morgan fingerprint density at radius 3 is 2.48 bits per heavy atom. The molecule has 0 fully saturated rings. The Kier molecular flexibility index (Phi) is 8.09. The molecule has 0 heterocycles. The first kappa shape index (κ1) is 17.1. The van der Waals surface area contributed by atoms with Gasteiger partial charge in [0.1, 0.15) is 0 Å². The molecule has 5 nitrogen and oxygen atoms in total. The van der Waals surface area contributed by atoms with Crippen molar-refractivity contribution in [3.05, 3.63) is 18.2 Å². The number of ether oxygens (including phenoxy) is 2. The number of hydrogen-bond donors (Lipinski definition) is 2. The summed E-state index contributed by atoms with van der Waals surface area (Å²) < 4.78 is 10.5. The van der Waals surface area contributed by atoms with Crippen LogP contribution in [0.1, 0.15) is 33.1 Å². The first-order chi connectivity index (χ1) is 10.2. The summed E-state index contributed by atoms with van der Waals surface area (Å²) in [4.78, 5) is 4.57. The largest absolute Gasteiger partial charge is 0.493 e. The topological polar surface area (TPSA) is 54.9 Å². The van der Waals surface area contributed by atoms with Crippen LogP contribution in [0.4, 0.5) is 5.69 Å². The molecule has 1 aromatic carbocycles. The molecule has 5 heteroatoms. The molecule has 1 aromatic rings. The van der Waals surface area contributed by atoms with Crippen LogP contribution in [-0.4, -0.2) is 33.3 Å². The minimum atomic E-state index is 0.698. The average molecular weight is 293 g/mol. The Balaban J connectivity index is 2.73. The van der Waals surface area contributed by atoms with Gasteiger partial charge in [-0.2, -0.15) is 0 Å². The van der Waals surface area contributed by atoms with E-state index in [1.807, 2.05) is 18.2 Å². The van der Waals surface area contributed by atoms with E-state index in [1.54, 1.807) is 14.2 Å². The molecule has 0 atom stereocenters. The average Bonchev–Trinajstić information content (AvgIpc) is 2.51. The Hall–Kier alpha value is -1.91. The molecule has 0 spiro atoms. The van der Waals surface area contributed by atoms with Crippen LogP contribution in [0.5, 0.6) is 11.5 Å². The van der Waals surface area contributed by atoms with Crippen LogP contribution in [-0.2, 0) is 0 Å². The lowest BCUT2D eigenvalue weighted by Gasteiger charge is -2.13. The molecule has 118 valence electrons. The number of benzene rings is 1. The van der Waals surface area contributed by atoms with Gasteiger partial charge in [0.05, 0.1) is 14.2 Å². The smallest absolute Gasteiger partial charge is 0.195 e. The zero-order chi connectivity index (χ0) is 15.5. The molecule has 0 aliphatic rings. The monoisotopic (exact) mass is 293 g/mol. The number of anilines is 1. The number of nitrogens with zero attached hydrogens (tertiary/aromatic N) is 1. The third-order valence-electron chi connectivity index (χ3n) is 3.02. The lowest BCUT2D eigenvalue weighted by molar-refractivity contribution is 0.355. The van der Waals surface area contributed by atoms with Crippen molar-refractivity contribution < 1.29 is 9.47 Å². The number of aliphatic imine (C=N–C) groups is 1. The van der Waals surface area contributed by atoms with Gasteiger partial charge < -0.3 is 20.1 Å². The van der Waals surface area contributed by atoms with Crippen molar-refractivity contribution in [2.75, 3.05) is 32.6 Å². The maximum atomic E-state index is 5.31. The van der Waals surface area contributed by atoms with Crippen molar-refractivity contribution in [2.45, 2.75) is 33.1 Å². The summed E-state index contributed by atoms with van der Waals surface area (Å²) in [6, 6.07) is 5.72. The van der Waals surface area contributed by atoms with E-state index in [0.29, 0.717) is 11.5 Å². The van der Waals surface area contributed by atoms with Crippen LogP contribution in [0.3, 0.4) is 0 Å². The van der Waals surface area contributed by atoms with Gasteiger partial charge in [-0.1, -0.05) is 19.8 Å². The highest BCUT2D eigenvalue weighted by Crippen LogP contribution is 2.29. The standard InChI is InChI=1S/C16H27N3O2/c1-5-7-8-11-18-16(17-6-2)19-13-9-10-14(20-3)15(12-13)21-4/h9-10,12H,5-8,11H2,1-4H3,(H2,17,18,19). The first-order valence-electron chi connectivity index (χ1n) is 7.52. The summed E-state index contributed by atoms with van der Waals surface area (Å²) in [5, 5.41) is 6.53. The van der Waals surface area contributed by atoms with Crippen LogP contribution in [0, 0.1) is 0 Å². The van der Waals surface area contributed by atoms with Crippen molar-refractivity contribution in [3.8, 4) is 11.5 Å². The van der Waals surface area contributed by atoms with Gasteiger partial charge in [-0.15, -0.1) is 0 Å². The van der Waals surface area contributed by atoms with Crippen LogP contribution >= 0.6 is 0 Å². The van der Waals surface area contributed by atoms with Gasteiger partial charge in [0.25, 0.3) is 0 Å². The van der Waals surface area contributed by atoms with Crippen molar-refractivity contribution in [3.63, 3.8) is 0 Å². The Labute approximate surface area is 127 Å². The minimum absolute atomic E-state index is 0.698. The van der Waals surface area contributed by atoms with Gasteiger partial charge in [-0.05, 0) is 25.5 Å². The highest BCUT2D eigenvalue weighted by Gasteiger charge is 2.06. The van der Waals surface area contributed by atoms with Gasteiger partial charge in [0, 0.05) is 24.8 Å². The van der Waals surface area contributed by atoms with Crippen LogP contribution in [0.15, 0.2) is 23.2 Å². The molecule has 0 radical (unpaired) electrons. The van der Waals surface area contributed by atoms with Crippen LogP contribution in [0.2, 0.25) is 0 Å². The number of nitrogens with one attached hydrogen (secondary N) is 2. The Bertz CT molecular complexity index is 447. The SMILES string of the molecule is CCCCCN=C(NCC)Nc1ccc(OC)c(OC)c1. The zero-order valence-electron chi connectivity index (χ0n) is 13.5. The molecule has 0 unspecified atom stereocenters. The number of hydrogen-bond acceptors (Lipinski definition) is 3. The van der Waals surface area contributed by atoms with Crippen molar-refractivity contribution >= 4 is 11.6 Å². The second-order valence-corrected chi connectivity index (χ2v) is 4.66. The maximum Gasteiger partial charge on any atom is 0.195 e. The molecule has 2 N–H and O–H groups in total. The van der Waals surface area contributed by atoms with E-state index in [2.05, 4.69) is 29.5 Å². The predicted octanol–water partition coefficient (Wildman–Crippen LogP) is 3.27. The molecule has 0 aliphatic carbocycles. The zero-order valence-corrected chi connectivity index (χ0v) is 13.5. The van der Waals surface area contributed by atoms with Gasteiger partial charge in [-0.3, -0.25) is 4.99 Å². The Morgan fingerprint density at radius 1 is 1.10 bits per heavy atom. The van der Waals surface area contributed by atoms with E-state index in [4.69, 9.17) is 9.47 Å². The number of rotatable bonds is 8. The Morgan fingerprint density at radius 2 is 1.86 bits per heavy atom. The molecule has 0 bridgehead atoms. The lowest BCUT2D eigenvalue weighted by Crippen LogP contribution is -2.30. The number of methoxy groups -OCH3 is 2. The predicted molar refractivity (Wildman–Crippen MR) is 88.7 cm³/mol. The molecule has 0 saturated carbocycles. The molecule has 1 rings (SSSR count). The van der Waals surface area contributed by atoms with Crippen LogP contribution in [0.25, 0.3) is 0 Å². The summed E-state index contributed by atoms with van der Waals surface area (Å²) in [5.41, 5.74) is 0.919. The molecule has 0 saturated heterocycles. The van der Waals surface area contributed by atoms with E-state index in [0.717, 1.165) is 31.2 Å². The summed E-state index contributed by atoms with van der Waals surface area (Å²) in [5.74, 6) is 2.21. The fourth-order valence-electron chi connectivity index (χ4n) is 1.91. The first-order valence-corrected chi connectivity index (χ1v) is 7.52. The van der Waals surface area contributed by atoms with E-state index in [1.165, 1.54) is 12.8 Å². The highest BCUT2D eigenvalue weighted by atomic mass is 16.5. The van der Waals surface area contributed by atoms with E-state index in [-0.39, 0.29) is 0 Å². The van der Waals surface area contributed by atoms with Gasteiger partial charge in [-0.25, -0.2) is 0 Å². The van der Waals surface area contributed by atoms with Crippen molar-refractivity contribution in [1.29, 1.82) is 0 Å². The van der Waals surface area contributed by atoms with Crippen molar-refractivity contribution in [2.24, 2.45) is 4.99 Å². The summed E-state index contributed by atoms with van der Waals surface area (Å²) >= 11 is 0. The third-order valence-corrected chi connectivity index (χ3v) is 3.02. The van der Waals surface area contributed by atoms with Crippen molar-refractivity contribution in [1.82, 2.24) is 5.32 Å². The molecular weight excluding hydrogens is 266 g/mol. The van der Waals surface area contributed by atoms with Gasteiger partial charge in [0.2, 0.25) is 0 Å². The quantitative estimate of drug-likeness (QED) is 0.439. The summed E-state index contributed by atoms with van der Waals surface area (Å²) in [7, 11) is 3.26. The lowest BCUT2D eigenvalue weighted by atomic mass is 10.2. The van der Waals surface area contributed by atoms with E-state index in [9.17, 15) is 0 Å². The van der Waals surface area contributed by atoms with Gasteiger partial charge >= 0.3 is 0 Å². The van der Waals surface area contributed by atoms with E-state index >= 15 is 0 Å². The molecule has 0 aromatic heterocycles. The van der Waals surface area contributed by atoms with E-state index < -0.39 is 0 Å². The normalized spacial score (nSPS) is 11.1. The highest BCUT2D eigenvalue weighted by molar-refractivity contribution is 5.93. The number of guanidine groups is 1. The third kappa shape index (κ3) is 5.94. The van der Waals surface area contributed by atoms with Gasteiger partial charge in [0.15, 0.2) is 17.5 Å². The molecule has 0 aliphatic heterocycles.